The summed E-state index contributed by atoms with van der Waals surface area (Å²) in [5, 5.41) is 9.93. The molecular formula is C11H7BrCl2N2O. The van der Waals surface area contributed by atoms with Crippen LogP contribution in [0.2, 0.25) is 10.2 Å². The molecule has 0 amide bonds. The van der Waals surface area contributed by atoms with Gasteiger partial charge in [0.2, 0.25) is 0 Å². The molecule has 1 N–H and O–H groups in total. The van der Waals surface area contributed by atoms with Gasteiger partial charge in [0, 0.05) is 5.56 Å². The van der Waals surface area contributed by atoms with E-state index in [0.29, 0.717) is 21.0 Å². The van der Waals surface area contributed by atoms with Crippen LogP contribution >= 0.6 is 39.1 Å². The van der Waals surface area contributed by atoms with Crippen LogP contribution in [0.25, 0.3) is 11.4 Å². The summed E-state index contributed by atoms with van der Waals surface area (Å²) in [6, 6.07) is 4.77. The van der Waals surface area contributed by atoms with Crippen molar-refractivity contribution in [3.05, 3.63) is 38.5 Å². The molecule has 0 radical (unpaired) electrons. The van der Waals surface area contributed by atoms with Crippen molar-refractivity contribution in [3.8, 4) is 17.1 Å². The van der Waals surface area contributed by atoms with Crippen LogP contribution in [0.5, 0.6) is 5.75 Å². The molecule has 88 valence electrons. The van der Waals surface area contributed by atoms with Gasteiger partial charge < -0.3 is 5.11 Å². The third-order valence-electron chi connectivity index (χ3n) is 2.18. The van der Waals surface area contributed by atoms with Crippen molar-refractivity contribution in [1.82, 2.24) is 9.97 Å². The summed E-state index contributed by atoms with van der Waals surface area (Å²) >= 11 is 15.1. The van der Waals surface area contributed by atoms with Crippen LogP contribution in [-0.4, -0.2) is 15.1 Å². The molecule has 0 aliphatic carbocycles. The van der Waals surface area contributed by atoms with E-state index in [-0.39, 0.29) is 10.8 Å². The van der Waals surface area contributed by atoms with Gasteiger partial charge in [-0.15, -0.1) is 0 Å². The van der Waals surface area contributed by atoms with Gasteiger partial charge in [-0.1, -0.05) is 23.2 Å². The highest BCUT2D eigenvalue weighted by atomic mass is 79.9. The Balaban J connectivity index is 2.57. The molecule has 1 aromatic heterocycles. The van der Waals surface area contributed by atoms with Crippen molar-refractivity contribution in [1.29, 1.82) is 0 Å². The predicted octanol–water partition coefficient (Wildman–Crippen LogP) is 4.23. The quantitative estimate of drug-likeness (QED) is 0.794. The summed E-state index contributed by atoms with van der Waals surface area (Å²) in [6.45, 7) is 1.82. The van der Waals surface area contributed by atoms with Crippen molar-refractivity contribution < 1.29 is 5.11 Å². The van der Waals surface area contributed by atoms with Crippen molar-refractivity contribution >= 4 is 39.1 Å². The Kier molecular flexibility index (Phi) is 3.56. The van der Waals surface area contributed by atoms with E-state index in [1.165, 1.54) is 6.07 Å². The standard InChI is InChI=1S/C11H7BrCl2N2O/c1-5-9(12)10(14)16-11(15-5)6-2-3-8(17)7(13)4-6/h2-4,17H,1H3. The minimum atomic E-state index is 0.0235. The van der Waals surface area contributed by atoms with E-state index in [1.807, 2.05) is 6.92 Å². The van der Waals surface area contributed by atoms with Crippen LogP contribution in [0.4, 0.5) is 0 Å². The van der Waals surface area contributed by atoms with Crippen molar-refractivity contribution in [2.45, 2.75) is 6.92 Å². The molecule has 1 aromatic carbocycles. The fourth-order valence-electron chi connectivity index (χ4n) is 1.30. The van der Waals surface area contributed by atoms with E-state index in [2.05, 4.69) is 25.9 Å². The second-order valence-corrected chi connectivity index (χ2v) is 4.96. The third-order valence-corrected chi connectivity index (χ3v) is 3.94. The van der Waals surface area contributed by atoms with Crippen LogP contribution in [0.15, 0.2) is 22.7 Å². The van der Waals surface area contributed by atoms with Gasteiger partial charge in [0.15, 0.2) is 5.82 Å². The molecule has 0 atom stereocenters. The number of aromatic nitrogens is 2. The number of halogens is 3. The highest BCUT2D eigenvalue weighted by Crippen LogP contribution is 2.30. The van der Waals surface area contributed by atoms with E-state index < -0.39 is 0 Å². The Morgan fingerprint density at radius 2 is 1.94 bits per heavy atom. The molecule has 3 nitrogen and oxygen atoms in total. The molecule has 0 aliphatic rings. The minimum Gasteiger partial charge on any atom is -0.506 e. The Labute approximate surface area is 117 Å². The molecule has 0 bridgehead atoms. The Bertz CT molecular complexity index is 567. The fourth-order valence-corrected chi connectivity index (χ4v) is 1.87. The van der Waals surface area contributed by atoms with Crippen LogP contribution < -0.4 is 0 Å². The SMILES string of the molecule is Cc1nc(-c2ccc(O)c(Cl)c2)nc(Cl)c1Br. The second kappa shape index (κ2) is 4.80. The molecule has 0 unspecified atom stereocenters. The van der Waals surface area contributed by atoms with Gasteiger partial charge >= 0.3 is 0 Å². The maximum Gasteiger partial charge on any atom is 0.161 e. The molecule has 0 spiro atoms. The maximum absolute atomic E-state index is 9.34. The monoisotopic (exact) mass is 332 g/mol. The molecular weight excluding hydrogens is 327 g/mol. The number of aryl methyl sites for hydroxylation is 1. The highest BCUT2D eigenvalue weighted by Gasteiger charge is 2.10. The number of hydrogen-bond donors (Lipinski definition) is 1. The van der Waals surface area contributed by atoms with Gasteiger partial charge in [-0.25, -0.2) is 9.97 Å². The summed E-state index contributed by atoms with van der Waals surface area (Å²) in [5.74, 6) is 0.493. The normalized spacial score (nSPS) is 10.6. The Morgan fingerprint density at radius 1 is 1.24 bits per heavy atom. The number of benzene rings is 1. The summed E-state index contributed by atoms with van der Waals surface area (Å²) < 4.78 is 0.674. The number of aromatic hydroxyl groups is 1. The fraction of sp³-hybridized carbons (Fsp3) is 0.0909. The summed E-state index contributed by atoms with van der Waals surface area (Å²) in [7, 11) is 0. The number of hydrogen-bond acceptors (Lipinski definition) is 3. The molecule has 0 fully saturated rings. The van der Waals surface area contributed by atoms with Crippen LogP contribution in [0.3, 0.4) is 0 Å². The summed E-state index contributed by atoms with van der Waals surface area (Å²) in [5.41, 5.74) is 1.44. The van der Waals surface area contributed by atoms with Gasteiger partial charge in [0.1, 0.15) is 10.9 Å². The predicted molar refractivity (Wildman–Crippen MR) is 71.6 cm³/mol. The first kappa shape index (κ1) is 12.6. The average molecular weight is 334 g/mol. The van der Waals surface area contributed by atoms with Gasteiger partial charge in [-0.05, 0) is 41.1 Å². The topological polar surface area (TPSA) is 46.0 Å². The number of phenols is 1. The smallest absolute Gasteiger partial charge is 0.161 e. The average Bonchev–Trinajstić information content (AvgIpc) is 2.29. The lowest BCUT2D eigenvalue weighted by atomic mass is 10.2. The van der Waals surface area contributed by atoms with E-state index in [4.69, 9.17) is 23.2 Å². The molecule has 1 heterocycles. The number of phenolic OH excluding ortho intramolecular Hbond substituents is 1. The maximum atomic E-state index is 9.34. The highest BCUT2D eigenvalue weighted by molar-refractivity contribution is 9.10. The number of rotatable bonds is 1. The van der Waals surface area contributed by atoms with Crippen molar-refractivity contribution in [3.63, 3.8) is 0 Å². The zero-order valence-electron chi connectivity index (χ0n) is 8.71. The molecule has 2 aromatic rings. The third kappa shape index (κ3) is 2.54. The molecule has 2 rings (SSSR count). The Hall–Kier alpha value is -0.840. The van der Waals surface area contributed by atoms with Gasteiger partial charge in [-0.2, -0.15) is 0 Å². The van der Waals surface area contributed by atoms with E-state index >= 15 is 0 Å². The lowest BCUT2D eigenvalue weighted by Gasteiger charge is -2.06. The van der Waals surface area contributed by atoms with Gasteiger partial charge in [0.05, 0.1) is 15.2 Å². The Morgan fingerprint density at radius 3 is 2.53 bits per heavy atom. The summed E-state index contributed by atoms with van der Waals surface area (Å²) in [4.78, 5) is 8.43. The van der Waals surface area contributed by atoms with E-state index in [1.54, 1.807) is 12.1 Å². The van der Waals surface area contributed by atoms with E-state index in [0.717, 1.165) is 5.69 Å². The van der Waals surface area contributed by atoms with E-state index in [9.17, 15) is 5.11 Å². The van der Waals surface area contributed by atoms with Crippen molar-refractivity contribution in [2.24, 2.45) is 0 Å². The number of nitrogens with zero attached hydrogens (tertiary/aromatic N) is 2. The van der Waals surface area contributed by atoms with Gasteiger partial charge in [-0.3, -0.25) is 0 Å². The van der Waals surface area contributed by atoms with Gasteiger partial charge in [0.25, 0.3) is 0 Å². The molecule has 0 saturated carbocycles. The lowest BCUT2D eigenvalue weighted by Crippen LogP contribution is -1.94. The lowest BCUT2D eigenvalue weighted by molar-refractivity contribution is 0.475. The summed E-state index contributed by atoms with van der Waals surface area (Å²) in [6.07, 6.45) is 0. The zero-order chi connectivity index (χ0) is 12.6. The first-order valence-electron chi connectivity index (χ1n) is 4.67. The molecule has 17 heavy (non-hydrogen) atoms. The first-order chi connectivity index (χ1) is 7.99. The van der Waals surface area contributed by atoms with Crippen LogP contribution in [-0.2, 0) is 0 Å². The van der Waals surface area contributed by atoms with Crippen molar-refractivity contribution in [2.75, 3.05) is 0 Å². The largest absolute Gasteiger partial charge is 0.506 e. The zero-order valence-corrected chi connectivity index (χ0v) is 11.8. The molecule has 6 heteroatoms. The first-order valence-corrected chi connectivity index (χ1v) is 6.22. The second-order valence-electron chi connectivity index (χ2n) is 3.40. The molecule has 0 aliphatic heterocycles. The van der Waals surface area contributed by atoms with Crippen LogP contribution in [0, 0.1) is 6.92 Å². The molecule has 0 saturated heterocycles. The van der Waals surface area contributed by atoms with Crippen LogP contribution in [0.1, 0.15) is 5.69 Å². The minimum absolute atomic E-state index is 0.0235.